The summed E-state index contributed by atoms with van der Waals surface area (Å²) in [6.45, 7) is 0.185. The van der Waals surface area contributed by atoms with Crippen LogP contribution in [0.1, 0.15) is 28.4 Å². The predicted octanol–water partition coefficient (Wildman–Crippen LogP) is 3.53. The average molecular weight is 548 g/mol. The second kappa shape index (κ2) is 13.6. The van der Waals surface area contributed by atoms with E-state index < -0.39 is 6.61 Å². The van der Waals surface area contributed by atoms with Gasteiger partial charge in [0.2, 0.25) is 0 Å². The Labute approximate surface area is 197 Å². The maximum absolute atomic E-state index is 12.6. The molecule has 170 valence electrons. The number of aliphatic imine (C=N–C) groups is 1. The SMILES string of the molecule is CCNC(=O)c1ccc(CNC(=NC)NCc2cc(OC)ccc2OC(F)F)cc1.I. The van der Waals surface area contributed by atoms with Gasteiger partial charge >= 0.3 is 6.61 Å². The fourth-order valence-electron chi connectivity index (χ4n) is 2.65. The highest BCUT2D eigenvalue weighted by atomic mass is 127. The first kappa shape index (κ1) is 26.4. The molecule has 0 aromatic heterocycles. The van der Waals surface area contributed by atoms with E-state index in [1.54, 1.807) is 31.3 Å². The Bertz CT molecular complexity index is 864. The molecule has 0 aliphatic heterocycles. The number of alkyl halides is 2. The molecule has 0 unspecified atom stereocenters. The van der Waals surface area contributed by atoms with Crippen molar-refractivity contribution in [3.8, 4) is 11.5 Å². The summed E-state index contributed by atoms with van der Waals surface area (Å²) < 4.78 is 35.0. The van der Waals surface area contributed by atoms with E-state index in [-0.39, 0.29) is 42.2 Å². The van der Waals surface area contributed by atoms with Crippen LogP contribution >= 0.6 is 24.0 Å². The lowest BCUT2D eigenvalue weighted by Crippen LogP contribution is -2.36. The van der Waals surface area contributed by atoms with Crippen LogP contribution in [0.3, 0.4) is 0 Å². The van der Waals surface area contributed by atoms with Crippen molar-refractivity contribution < 1.29 is 23.0 Å². The number of carbonyl (C=O) groups excluding carboxylic acids is 1. The Morgan fingerprint density at radius 3 is 2.32 bits per heavy atom. The highest BCUT2D eigenvalue weighted by Crippen LogP contribution is 2.25. The number of nitrogens with one attached hydrogen (secondary N) is 3. The number of hydrogen-bond acceptors (Lipinski definition) is 4. The lowest BCUT2D eigenvalue weighted by molar-refractivity contribution is -0.0505. The number of amides is 1. The van der Waals surface area contributed by atoms with E-state index in [1.807, 2.05) is 19.1 Å². The van der Waals surface area contributed by atoms with E-state index >= 15 is 0 Å². The maximum atomic E-state index is 12.6. The van der Waals surface area contributed by atoms with Crippen molar-refractivity contribution >= 4 is 35.8 Å². The van der Waals surface area contributed by atoms with Crippen LogP contribution in [0.4, 0.5) is 8.78 Å². The first-order valence-electron chi connectivity index (χ1n) is 9.40. The molecule has 0 spiro atoms. The van der Waals surface area contributed by atoms with E-state index in [1.165, 1.54) is 13.2 Å². The largest absolute Gasteiger partial charge is 0.497 e. The fraction of sp³-hybridized carbons (Fsp3) is 0.333. The molecule has 0 bridgehead atoms. The van der Waals surface area contributed by atoms with Crippen LogP contribution in [0.25, 0.3) is 0 Å². The van der Waals surface area contributed by atoms with Gasteiger partial charge in [-0.1, -0.05) is 12.1 Å². The third-order valence-electron chi connectivity index (χ3n) is 4.17. The van der Waals surface area contributed by atoms with Crippen molar-refractivity contribution in [2.24, 2.45) is 4.99 Å². The molecule has 10 heteroatoms. The van der Waals surface area contributed by atoms with Crippen molar-refractivity contribution in [2.45, 2.75) is 26.6 Å². The summed E-state index contributed by atoms with van der Waals surface area (Å²) in [5.41, 5.74) is 2.05. The lowest BCUT2D eigenvalue weighted by atomic mass is 10.1. The highest BCUT2D eigenvalue weighted by molar-refractivity contribution is 14.0. The number of ether oxygens (including phenoxy) is 2. The molecule has 1 amide bonds. The minimum absolute atomic E-state index is 0. The minimum atomic E-state index is -2.92. The standard InChI is InChI=1S/C21H26F2N4O3.HI/c1-4-25-19(28)15-7-5-14(6-8-15)12-26-21(24-2)27-13-16-11-17(29-3)9-10-18(16)30-20(22)23;/h5-11,20H,4,12-13H2,1-3H3,(H,25,28)(H2,24,26,27);1H. The van der Waals surface area contributed by atoms with E-state index in [9.17, 15) is 13.6 Å². The highest BCUT2D eigenvalue weighted by Gasteiger charge is 2.12. The van der Waals surface area contributed by atoms with Crippen molar-refractivity contribution in [3.63, 3.8) is 0 Å². The van der Waals surface area contributed by atoms with Crippen LogP contribution in [0, 0.1) is 0 Å². The zero-order chi connectivity index (χ0) is 21.9. The zero-order valence-corrected chi connectivity index (χ0v) is 19.9. The number of guanidine groups is 1. The Kier molecular flexibility index (Phi) is 11.6. The summed E-state index contributed by atoms with van der Waals surface area (Å²) in [5.74, 6) is 0.960. The zero-order valence-electron chi connectivity index (χ0n) is 17.6. The molecule has 2 aromatic carbocycles. The summed E-state index contributed by atoms with van der Waals surface area (Å²) in [5, 5.41) is 8.95. The Morgan fingerprint density at radius 1 is 1.06 bits per heavy atom. The number of halogens is 3. The molecule has 0 aliphatic carbocycles. The van der Waals surface area contributed by atoms with Gasteiger partial charge in [0.25, 0.3) is 5.91 Å². The Hall–Kier alpha value is -2.63. The summed E-state index contributed by atoms with van der Waals surface area (Å²) in [6, 6.07) is 11.8. The molecule has 3 N–H and O–H groups in total. The number of rotatable bonds is 9. The molecular weight excluding hydrogens is 521 g/mol. The molecule has 0 heterocycles. The molecule has 31 heavy (non-hydrogen) atoms. The van der Waals surface area contributed by atoms with Crippen LogP contribution in [0.15, 0.2) is 47.5 Å². The molecule has 0 atom stereocenters. The number of benzene rings is 2. The van der Waals surface area contributed by atoms with Gasteiger partial charge in [-0.05, 0) is 42.8 Å². The summed E-state index contributed by atoms with van der Waals surface area (Å²) in [4.78, 5) is 15.9. The van der Waals surface area contributed by atoms with Crippen LogP contribution in [-0.4, -0.2) is 39.2 Å². The predicted molar refractivity (Wildman–Crippen MR) is 127 cm³/mol. The van der Waals surface area contributed by atoms with Crippen LogP contribution in [0.5, 0.6) is 11.5 Å². The molecule has 0 fully saturated rings. The Morgan fingerprint density at radius 2 is 1.74 bits per heavy atom. The molecule has 0 aliphatic rings. The normalized spacial score (nSPS) is 10.8. The molecule has 0 radical (unpaired) electrons. The van der Waals surface area contributed by atoms with Gasteiger partial charge in [-0.3, -0.25) is 9.79 Å². The molecule has 2 rings (SSSR count). The number of carbonyl (C=O) groups is 1. The summed E-state index contributed by atoms with van der Waals surface area (Å²) in [7, 11) is 3.10. The number of nitrogens with zero attached hydrogens (tertiary/aromatic N) is 1. The van der Waals surface area contributed by atoms with Gasteiger partial charge in [0.1, 0.15) is 11.5 Å². The van der Waals surface area contributed by atoms with E-state index in [2.05, 4.69) is 25.7 Å². The summed E-state index contributed by atoms with van der Waals surface area (Å²) >= 11 is 0. The average Bonchev–Trinajstić information content (AvgIpc) is 2.75. The molecule has 7 nitrogen and oxygen atoms in total. The van der Waals surface area contributed by atoms with Gasteiger partial charge in [0, 0.05) is 37.8 Å². The minimum Gasteiger partial charge on any atom is -0.497 e. The van der Waals surface area contributed by atoms with Gasteiger partial charge in [0.05, 0.1) is 7.11 Å². The van der Waals surface area contributed by atoms with Crippen molar-refractivity contribution in [3.05, 3.63) is 59.2 Å². The van der Waals surface area contributed by atoms with Crippen LogP contribution in [0.2, 0.25) is 0 Å². The second-order valence-electron chi connectivity index (χ2n) is 6.19. The molecule has 0 saturated carbocycles. The van der Waals surface area contributed by atoms with Crippen LogP contribution in [-0.2, 0) is 13.1 Å². The maximum Gasteiger partial charge on any atom is 0.387 e. The van der Waals surface area contributed by atoms with E-state index in [0.29, 0.717) is 35.9 Å². The first-order chi connectivity index (χ1) is 14.5. The molecule has 0 saturated heterocycles. The molecule has 2 aromatic rings. The third kappa shape index (κ3) is 8.56. The van der Waals surface area contributed by atoms with Gasteiger partial charge in [-0.25, -0.2) is 0 Å². The summed E-state index contributed by atoms with van der Waals surface area (Å²) in [6.07, 6.45) is 0. The molecular formula is C21H27F2IN4O3. The van der Waals surface area contributed by atoms with Crippen molar-refractivity contribution in [1.29, 1.82) is 0 Å². The first-order valence-corrected chi connectivity index (χ1v) is 9.40. The van der Waals surface area contributed by atoms with Crippen molar-refractivity contribution in [2.75, 3.05) is 20.7 Å². The lowest BCUT2D eigenvalue weighted by Gasteiger charge is -2.15. The smallest absolute Gasteiger partial charge is 0.387 e. The topological polar surface area (TPSA) is 84.0 Å². The van der Waals surface area contributed by atoms with Gasteiger partial charge < -0.3 is 25.4 Å². The van der Waals surface area contributed by atoms with E-state index in [4.69, 9.17) is 4.74 Å². The van der Waals surface area contributed by atoms with Gasteiger partial charge in [0.15, 0.2) is 5.96 Å². The number of hydrogen-bond donors (Lipinski definition) is 3. The van der Waals surface area contributed by atoms with Crippen LogP contribution < -0.4 is 25.4 Å². The number of methoxy groups -OCH3 is 1. The van der Waals surface area contributed by atoms with Gasteiger partial charge in [-0.2, -0.15) is 8.78 Å². The Balaban J connectivity index is 0.00000480. The van der Waals surface area contributed by atoms with Gasteiger partial charge in [-0.15, -0.1) is 24.0 Å². The quantitative estimate of drug-likeness (QED) is 0.254. The second-order valence-corrected chi connectivity index (χ2v) is 6.19. The fourth-order valence-corrected chi connectivity index (χ4v) is 2.65. The van der Waals surface area contributed by atoms with Crippen molar-refractivity contribution in [1.82, 2.24) is 16.0 Å². The monoisotopic (exact) mass is 548 g/mol. The third-order valence-corrected chi connectivity index (χ3v) is 4.17. The van der Waals surface area contributed by atoms with E-state index in [0.717, 1.165) is 5.56 Å².